The van der Waals surface area contributed by atoms with Crippen LogP contribution in [0.1, 0.15) is 50.5 Å². The fourth-order valence-corrected chi connectivity index (χ4v) is 5.14. The summed E-state index contributed by atoms with van der Waals surface area (Å²) < 4.78 is 0. The first kappa shape index (κ1) is 17.8. The van der Waals surface area contributed by atoms with Gasteiger partial charge in [-0.2, -0.15) is 0 Å². The maximum Gasteiger partial charge on any atom is 0.247 e. The summed E-state index contributed by atoms with van der Waals surface area (Å²) in [6, 6.07) is 4.28. The number of carbonyl (C=O) groups excluding carboxylic acids is 1. The predicted molar refractivity (Wildman–Crippen MR) is 102 cm³/mol. The van der Waals surface area contributed by atoms with Crippen LogP contribution in [0.3, 0.4) is 0 Å². The van der Waals surface area contributed by atoms with Gasteiger partial charge < -0.3 is 14.8 Å². The quantitative estimate of drug-likeness (QED) is 0.900. The molecule has 2 aliphatic heterocycles. The van der Waals surface area contributed by atoms with Gasteiger partial charge in [-0.05, 0) is 63.1 Å². The van der Waals surface area contributed by atoms with Gasteiger partial charge in [-0.3, -0.25) is 9.59 Å². The van der Waals surface area contributed by atoms with Gasteiger partial charge in [0, 0.05) is 37.3 Å². The number of piperidine rings is 1. The third-order valence-corrected chi connectivity index (χ3v) is 6.69. The van der Waals surface area contributed by atoms with Crippen molar-refractivity contribution in [3.8, 4) is 0 Å². The minimum Gasteiger partial charge on any atom is -0.342 e. The first-order valence-electron chi connectivity index (χ1n) is 10.4. The number of aromatic nitrogens is 1. The van der Waals surface area contributed by atoms with Crippen LogP contribution in [0.2, 0.25) is 0 Å². The summed E-state index contributed by atoms with van der Waals surface area (Å²) in [6.07, 6.45) is 11.4. The summed E-state index contributed by atoms with van der Waals surface area (Å²) in [4.78, 5) is 31.6. The molecule has 0 spiro atoms. The maximum atomic E-state index is 12.9. The van der Waals surface area contributed by atoms with E-state index < -0.39 is 0 Å². The second-order valence-corrected chi connectivity index (χ2v) is 8.45. The summed E-state index contributed by atoms with van der Waals surface area (Å²) in [5.74, 6) is 1.14. The Balaban J connectivity index is 1.25. The van der Waals surface area contributed by atoms with Gasteiger partial charge in [0.15, 0.2) is 0 Å². The van der Waals surface area contributed by atoms with Crippen LogP contribution in [-0.4, -0.2) is 52.9 Å². The Hall–Kier alpha value is -1.62. The Morgan fingerprint density at radius 2 is 1.81 bits per heavy atom. The Labute approximate surface area is 155 Å². The number of carbonyl (C=O) groups is 1. The third kappa shape index (κ3) is 4.03. The molecule has 3 heterocycles. The lowest BCUT2D eigenvalue weighted by Crippen LogP contribution is -2.44. The van der Waals surface area contributed by atoms with Crippen LogP contribution in [0.25, 0.3) is 0 Å². The second kappa shape index (κ2) is 7.95. The molecule has 2 saturated heterocycles. The number of hydrogen-bond donors (Lipinski definition) is 1. The average molecular weight is 357 g/mol. The van der Waals surface area contributed by atoms with Crippen molar-refractivity contribution < 1.29 is 4.79 Å². The molecule has 26 heavy (non-hydrogen) atoms. The molecule has 5 heteroatoms. The molecule has 0 radical (unpaired) electrons. The molecule has 5 nitrogen and oxygen atoms in total. The standard InChI is InChI=1S/C21H31N3O2/c25-20-6-5-16(14-22-20)13-17-7-10-24(15-17)21(26)18-8-11-23(12-9-18)19-3-1-2-4-19/h5-6,14,17-19H,1-4,7-13,15H2,(H,22,25). The maximum absolute atomic E-state index is 12.9. The topological polar surface area (TPSA) is 56.4 Å². The van der Waals surface area contributed by atoms with E-state index in [2.05, 4.69) is 14.8 Å². The van der Waals surface area contributed by atoms with E-state index in [4.69, 9.17) is 0 Å². The summed E-state index contributed by atoms with van der Waals surface area (Å²) in [6.45, 7) is 3.99. The first-order valence-corrected chi connectivity index (χ1v) is 10.4. The number of amides is 1. The Bertz CT molecular complexity index is 652. The molecule has 142 valence electrons. The molecule has 1 aromatic rings. The highest BCUT2D eigenvalue weighted by Crippen LogP contribution is 2.30. The van der Waals surface area contributed by atoms with Crippen LogP contribution in [0, 0.1) is 11.8 Å². The molecular weight excluding hydrogens is 326 g/mol. The zero-order valence-corrected chi connectivity index (χ0v) is 15.7. The van der Waals surface area contributed by atoms with Gasteiger partial charge in [0.2, 0.25) is 11.5 Å². The van der Waals surface area contributed by atoms with Crippen molar-refractivity contribution >= 4 is 5.91 Å². The van der Waals surface area contributed by atoms with E-state index >= 15 is 0 Å². The fourth-order valence-electron chi connectivity index (χ4n) is 5.14. The Morgan fingerprint density at radius 3 is 2.50 bits per heavy atom. The molecular formula is C21H31N3O2. The van der Waals surface area contributed by atoms with Crippen LogP contribution in [0.5, 0.6) is 0 Å². The molecule has 1 N–H and O–H groups in total. The van der Waals surface area contributed by atoms with Crippen molar-refractivity contribution in [1.82, 2.24) is 14.8 Å². The summed E-state index contributed by atoms with van der Waals surface area (Å²) in [5.41, 5.74) is 1.11. The highest BCUT2D eigenvalue weighted by Gasteiger charge is 2.34. The van der Waals surface area contributed by atoms with Crippen molar-refractivity contribution in [2.24, 2.45) is 11.8 Å². The largest absolute Gasteiger partial charge is 0.342 e. The summed E-state index contributed by atoms with van der Waals surface area (Å²) in [7, 11) is 0. The van der Waals surface area contributed by atoms with E-state index in [1.807, 2.05) is 12.3 Å². The predicted octanol–water partition coefficient (Wildman–Crippen LogP) is 2.42. The monoisotopic (exact) mass is 357 g/mol. The van der Waals surface area contributed by atoms with Crippen molar-refractivity contribution in [3.63, 3.8) is 0 Å². The molecule has 0 bridgehead atoms. The number of likely N-dealkylation sites (tertiary alicyclic amines) is 2. The molecule has 1 atom stereocenters. The molecule has 1 saturated carbocycles. The van der Waals surface area contributed by atoms with Gasteiger partial charge in [0.1, 0.15) is 0 Å². The summed E-state index contributed by atoms with van der Waals surface area (Å²) >= 11 is 0. The fraction of sp³-hybridized carbons (Fsp3) is 0.714. The van der Waals surface area contributed by atoms with Crippen molar-refractivity contribution in [2.45, 2.75) is 57.4 Å². The smallest absolute Gasteiger partial charge is 0.247 e. The van der Waals surface area contributed by atoms with E-state index in [0.29, 0.717) is 11.8 Å². The molecule has 1 unspecified atom stereocenters. The zero-order valence-electron chi connectivity index (χ0n) is 15.7. The van der Waals surface area contributed by atoms with Gasteiger partial charge >= 0.3 is 0 Å². The van der Waals surface area contributed by atoms with E-state index in [1.165, 1.54) is 25.7 Å². The zero-order chi connectivity index (χ0) is 17.9. The van der Waals surface area contributed by atoms with Crippen LogP contribution in [0.4, 0.5) is 0 Å². The molecule has 1 aromatic heterocycles. The lowest BCUT2D eigenvalue weighted by atomic mass is 9.94. The van der Waals surface area contributed by atoms with E-state index in [-0.39, 0.29) is 11.5 Å². The van der Waals surface area contributed by atoms with Crippen molar-refractivity contribution in [3.05, 3.63) is 34.2 Å². The average Bonchev–Trinajstić information content (AvgIpc) is 3.35. The van der Waals surface area contributed by atoms with Gasteiger partial charge in [-0.25, -0.2) is 0 Å². The Kier molecular flexibility index (Phi) is 5.44. The lowest BCUT2D eigenvalue weighted by Gasteiger charge is -2.36. The minimum atomic E-state index is -0.0547. The lowest BCUT2D eigenvalue weighted by molar-refractivity contribution is -0.136. The highest BCUT2D eigenvalue weighted by molar-refractivity contribution is 5.79. The minimum absolute atomic E-state index is 0.0547. The van der Waals surface area contributed by atoms with Crippen LogP contribution in [-0.2, 0) is 11.2 Å². The molecule has 3 fully saturated rings. The molecule has 0 aromatic carbocycles. The van der Waals surface area contributed by atoms with E-state index in [1.54, 1.807) is 6.07 Å². The number of aromatic amines is 1. The highest BCUT2D eigenvalue weighted by atomic mass is 16.2. The Morgan fingerprint density at radius 1 is 1.04 bits per heavy atom. The van der Waals surface area contributed by atoms with Crippen LogP contribution >= 0.6 is 0 Å². The number of nitrogens with one attached hydrogen (secondary N) is 1. The van der Waals surface area contributed by atoms with E-state index in [9.17, 15) is 9.59 Å². The molecule has 1 amide bonds. The van der Waals surface area contributed by atoms with E-state index in [0.717, 1.165) is 63.5 Å². The molecule has 1 aliphatic carbocycles. The first-order chi connectivity index (χ1) is 12.7. The second-order valence-electron chi connectivity index (χ2n) is 8.45. The van der Waals surface area contributed by atoms with Gasteiger partial charge in [-0.1, -0.05) is 18.9 Å². The van der Waals surface area contributed by atoms with Crippen LogP contribution < -0.4 is 5.56 Å². The van der Waals surface area contributed by atoms with Gasteiger partial charge in [0.25, 0.3) is 0 Å². The summed E-state index contributed by atoms with van der Waals surface area (Å²) in [5, 5.41) is 0. The molecule has 4 rings (SSSR count). The van der Waals surface area contributed by atoms with Gasteiger partial charge in [0.05, 0.1) is 0 Å². The normalized spacial score (nSPS) is 25.8. The third-order valence-electron chi connectivity index (χ3n) is 6.69. The van der Waals surface area contributed by atoms with Crippen molar-refractivity contribution in [2.75, 3.05) is 26.2 Å². The van der Waals surface area contributed by atoms with Gasteiger partial charge in [-0.15, -0.1) is 0 Å². The number of pyridine rings is 1. The number of H-pyrrole nitrogens is 1. The van der Waals surface area contributed by atoms with Crippen molar-refractivity contribution in [1.29, 1.82) is 0 Å². The van der Waals surface area contributed by atoms with Crippen LogP contribution in [0.15, 0.2) is 23.1 Å². The number of rotatable bonds is 4. The number of hydrogen-bond acceptors (Lipinski definition) is 3. The number of nitrogens with zero attached hydrogens (tertiary/aromatic N) is 2. The molecule has 3 aliphatic rings. The SMILES string of the molecule is O=C(C1CCN(C2CCCC2)CC1)N1CCC(Cc2ccc(=O)[nH]c2)C1.